The van der Waals surface area contributed by atoms with Crippen molar-refractivity contribution in [2.75, 3.05) is 11.9 Å². The molecule has 0 bridgehead atoms. The number of anilines is 1. The molecule has 0 fully saturated rings. The van der Waals surface area contributed by atoms with E-state index in [0.717, 1.165) is 23.4 Å². The van der Waals surface area contributed by atoms with Crippen LogP contribution in [-0.4, -0.2) is 16.5 Å². The van der Waals surface area contributed by atoms with E-state index in [9.17, 15) is 0 Å². The second-order valence-corrected chi connectivity index (χ2v) is 4.41. The molecule has 0 saturated heterocycles. The zero-order valence-corrected chi connectivity index (χ0v) is 11.1. The summed E-state index contributed by atoms with van der Waals surface area (Å²) in [7, 11) is 0. The Kier molecular flexibility index (Phi) is 4.09. The molecule has 4 heteroatoms. The molecule has 0 radical (unpaired) electrons. The third kappa shape index (κ3) is 3.29. The normalized spacial score (nSPS) is 9.95. The minimum atomic E-state index is 0.617. The number of hydrogen-bond donors (Lipinski definition) is 1. The molecule has 0 aliphatic rings. The van der Waals surface area contributed by atoms with Gasteiger partial charge in [0.05, 0.1) is 5.56 Å². The molecule has 0 amide bonds. The number of pyridine rings is 2. The molecule has 0 aliphatic carbocycles. The molecule has 0 unspecified atom stereocenters. The Morgan fingerprint density at radius 3 is 2.84 bits per heavy atom. The lowest BCUT2D eigenvalue weighted by Gasteiger charge is -2.10. The van der Waals surface area contributed by atoms with Gasteiger partial charge < -0.3 is 5.32 Å². The molecule has 2 heterocycles. The number of rotatable bonds is 4. The van der Waals surface area contributed by atoms with Crippen LogP contribution in [0.1, 0.15) is 22.5 Å². The van der Waals surface area contributed by atoms with Gasteiger partial charge in [-0.1, -0.05) is 6.07 Å². The Balaban J connectivity index is 2.06. The van der Waals surface area contributed by atoms with Gasteiger partial charge in [0.15, 0.2) is 0 Å². The smallest absolute Gasteiger partial charge is 0.144 e. The van der Waals surface area contributed by atoms with E-state index in [1.807, 2.05) is 38.1 Å². The van der Waals surface area contributed by atoms with Gasteiger partial charge in [-0.3, -0.25) is 4.98 Å². The fourth-order valence-corrected chi connectivity index (χ4v) is 1.96. The number of nitrogens with zero attached hydrogens (tertiary/aromatic N) is 3. The van der Waals surface area contributed by atoms with Crippen molar-refractivity contribution in [1.82, 2.24) is 9.97 Å². The minimum Gasteiger partial charge on any atom is -0.369 e. The molecule has 2 aromatic rings. The first-order valence-electron chi connectivity index (χ1n) is 6.23. The van der Waals surface area contributed by atoms with E-state index in [1.54, 1.807) is 6.20 Å². The molecule has 0 spiro atoms. The van der Waals surface area contributed by atoms with Crippen LogP contribution in [-0.2, 0) is 6.42 Å². The van der Waals surface area contributed by atoms with Gasteiger partial charge in [0.1, 0.15) is 11.9 Å². The molecule has 96 valence electrons. The van der Waals surface area contributed by atoms with Gasteiger partial charge in [0.2, 0.25) is 0 Å². The second-order valence-electron chi connectivity index (χ2n) is 4.41. The zero-order chi connectivity index (χ0) is 13.7. The molecule has 0 aliphatic heterocycles. The van der Waals surface area contributed by atoms with Gasteiger partial charge in [-0.15, -0.1) is 0 Å². The molecule has 2 aromatic heterocycles. The van der Waals surface area contributed by atoms with Gasteiger partial charge in [-0.25, -0.2) is 4.98 Å². The van der Waals surface area contributed by atoms with Crippen molar-refractivity contribution in [2.24, 2.45) is 0 Å². The van der Waals surface area contributed by atoms with Crippen molar-refractivity contribution >= 4 is 5.82 Å². The summed E-state index contributed by atoms with van der Waals surface area (Å²) < 4.78 is 0. The highest BCUT2D eigenvalue weighted by Crippen LogP contribution is 2.17. The lowest BCUT2D eigenvalue weighted by molar-refractivity contribution is 0.949. The first-order chi connectivity index (χ1) is 9.20. The number of nitriles is 1. The Hall–Kier alpha value is -2.41. The van der Waals surface area contributed by atoms with Crippen molar-refractivity contribution in [3.63, 3.8) is 0 Å². The monoisotopic (exact) mass is 252 g/mol. The van der Waals surface area contributed by atoms with Crippen molar-refractivity contribution in [2.45, 2.75) is 20.3 Å². The Labute approximate surface area is 113 Å². The maximum Gasteiger partial charge on any atom is 0.144 e. The van der Waals surface area contributed by atoms with Crippen molar-refractivity contribution in [1.29, 1.82) is 5.26 Å². The van der Waals surface area contributed by atoms with Crippen molar-refractivity contribution in [3.8, 4) is 6.07 Å². The van der Waals surface area contributed by atoms with E-state index in [1.165, 1.54) is 0 Å². The van der Waals surface area contributed by atoms with E-state index in [0.29, 0.717) is 17.9 Å². The lowest BCUT2D eigenvalue weighted by Crippen LogP contribution is -2.10. The fourth-order valence-electron chi connectivity index (χ4n) is 1.96. The predicted octanol–water partition coefficient (Wildman–Crippen LogP) is 2.62. The van der Waals surface area contributed by atoms with Crippen LogP contribution in [0.25, 0.3) is 0 Å². The summed E-state index contributed by atoms with van der Waals surface area (Å²) in [5.74, 6) is 0.663. The molecule has 0 atom stereocenters. The Morgan fingerprint density at radius 1 is 1.32 bits per heavy atom. The highest BCUT2D eigenvalue weighted by atomic mass is 15.0. The van der Waals surface area contributed by atoms with E-state index >= 15 is 0 Å². The quantitative estimate of drug-likeness (QED) is 0.908. The van der Waals surface area contributed by atoms with Crippen LogP contribution in [0.3, 0.4) is 0 Å². The van der Waals surface area contributed by atoms with Crippen LogP contribution in [0.2, 0.25) is 0 Å². The van der Waals surface area contributed by atoms with Crippen LogP contribution in [0, 0.1) is 25.2 Å². The van der Waals surface area contributed by atoms with E-state index in [2.05, 4.69) is 21.4 Å². The summed E-state index contributed by atoms with van der Waals surface area (Å²) in [6, 6.07) is 9.98. The van der Waals surface area contributed by atoms with Gasteiger partial charge in [-0.05, 0) is 37.6 Å². The van der Waals surface area contributed by atoms with Crippen molar-refractivity contribution < 1.29 is 0 Å². The fraction of sp³-hybridized carbons (Fsp3) is 0.267. The second kappa shape index (κ2) is 5.96. The third-order valence-corrected chi connectivity index (χ3v) is 2.86. The molecular formula is C15H16N4. The molecule has 2 rings (SSSR count). The van der Waals surface area contributed by atoms with Crippen LogP contribution in [0.5, 0.6) is 0 Å². The number of aromatic nitrogens is 2. The maximum absolute atomic E-state index is 9.16. The molecule has 0 saturated carbocycles. The summed E-state index contributed by atoms with van der Waals surface area (Å²) in [6.45, 7) is 4.57. The summed E-state index contributed by atoms with van der Waals surface area (Å²) in [5.41, 5.74) is 3.51. The SMILES string of the molecule is Cc1cc(C)c(C#N)c(NCCc2ccccn2)n1. The summed E-state index contributed by atoms with van der Waals surface area (Å²) >= 11 is 0. The van der Waals surface area contributed by atoms with Gasteiger partial charge >= 0.3 is 0 Å². The van der Waals surface area contributed by atoms with E-state index in [4.69, 9.17) is 5.26 Å². The number of hydrogen-bond acceptors (Lipinski definition) is 4. The van der Waals surface area contributed by atoms with Crippen LogP contribution < -0.4 is 5.32 Å². The predicted molar refractivity (Wildman–Crippen MR) is 74.9 cm³/mol. The third-order valence-electron chi connectivity index (χ3n) is 2.86. The van der Waals surface area contributed by atoms with Gasteiger partial charge in [0, 0.05) is 30.6 Å². The average molecular weight is 252 g/mol. The first kappa shape index (κ1) is 13.0. The first-order valence-corrected chi connectivity index (χ1v) is 6.23. The van der Waals surface area contributed by atoms with E-state index in [-0.39, 0.29) is 0 Å². The number of aryl methyl sites for hydroxylation is 2. The topological polar surface area (TPSA) is 61.6 Å². The number of nitrogens with one attached hydrogen (secondary N) is 1. The average Bonchev–Trinajstić information content (AvgIpc) is 2.39. The van der Waals surface area contributed by atoms with Gasteiger partial charge in [0.25, 0.3) is 0 Å². The molecule has 19 heavy (non-hydrogen) atoms. The molecular weight excluding hydrogens is 236 g/mol. The Bertz CT molecular complexity index is 600. The largest absolute Gasteiger partial charge is 0.369 e. The Morgan fingerprint density at radius 2 is 2.16 bits per heavy atom. The summed E-state index contributed by atoms with van der Waals surface area (Å²) in [6.07, 6.45) is 2.59. The van der Waals surface area contributed by atoms with Crippen LogP contribution in [0.15, 0.2) is 30.5 Å². The maximum atomic E-state index is 9.16. The molecule has 0 aromatic carbocycles. The summed E-state index contributed by atoms with van der Waals surface area (Å²) in [4.78, 5) is 8.64. The highest BCUT2D eigenvalue weighted by Gasteiger charge is 2.07. The molecule has 1 N–H and O–H groups in total. The minimum absolute atomic E-state index is 0.617. The summed E-state index contributed by atoms with van der Waals surface area (Å²) in [5, 5.41) is 12.4. The van der Waals surface area contributed by atoms with Crippen LogP contribution >= 0.6 is 0 Å². The van der Waals surface area contributed by atoms with Crippen LogP contribution in [0.4, 0.5) is 5.82 Å². The molecule has 4 nitrogen and oxygen atoms in total. The van der Waals surface area contributed by atoms with E-state index < -0.39 is 0 Å². The van der Waals surface area contributed by atoms with Crippen molar-refractivity contribution in [3.05, 3.63) is 53.0 Å². The zero-order valence-electron chi connectivity index (χ0n) is 11.1. The van der Waals surface area contributed by atoms with Gasteiger partial charge in [-0.2, -0.15) is 5.26 Å². The standard InChI is InChI=1S/C15H16N4/c1-11-9-12(2)19-15(14(11)10-16)18-8-6-13-5-3-4-7-17-13/h3-5,7,9H,6,8H2,1-2H3,(H,18,19). The lowest BCUT2D eigenvalue weighted by atomic mass is 10.1. The highest BCUT2D eigenvalue weighted by molar-refractivity contribution is 5.56.